The van der Waals surface area contributed by atoms with E-state index in [2.05, 4.69) is 73.7 Å². The second-order valence-electron chi connectivity index (χ2n) is 6.19. The summed E-state index contributed by atoms with van der Waals surface area (Å²) in [4.78, 5) is 0. The highest BCUT2D eigenvalue weighted by molar-refractivity contribution is 5.81. The Balaban J connectivity index is 1.84. The normalized spacial score (nSPS) is 18.0. The Kier molecular flexibility index (Phi) is 2.85. The minimum absolute atomic E-state index is 0.199. The largest absolute Gasteiger partial charge is 0.0913 e. The molecule has 2 aliphatic carbocycles. The summed E-state index contributed by atoms with van der Waals surface area (Å²) < 4.78 is 0. The molecule has 0 unspecified atom stereocenters. The SMILES string of the molecule is C/C=C\CC1=CCC2(C1)c1ccccc1-c1ccccc12. The van der Waals surface area contributed by atoms with Gasteiger partial charge in [0.1, 0.15) is 0 Å². The van der Waals surface area contributed by atoms with Gasteiger partial charge in [0.25, 0.3) is 0 Å². The third-order valence-corrected chi connectivity index (χ3v) is 5.06. The lowest BCUT2D eigenvalue weighted by Gasteiger charge is -2.27. The Morgan fingerprint density at radius 1 is 0.952 bits per heavy atom. The van der Waals surface area contributed by atoms with Crippen LogP contribution in [0.2, 0.25) is 0 Å². The molecular formula is C21H20. The molecule has 0 heterocycles. The molecular weight excluding hydrogens is 252 g/mol. The van der Waals surface area contributed by atoms with Crippen molar-refractivity contribution >= 4 is 0 Å². The van der Waals surface area contributed by atoms with Gasteiger partial charge >= 0.3 is 0 Å². The first-order valence-corrected chi connectivity index (χ1v) is 7.83. The fourth-order valence-corrected chi connectivity index (χ4v) is 4.10. The molecule has 0 fully saturated rings. The summed E-state index contributed by atoms with van der Waals surface area (Å²) in [5.41, 5.74) is 7.71. The van der Waals surface area contributed by atoms with Crippen LogP contribution in [0, 0.1) is 0 Å². The van der Waals surface area contributed by atoms with Gasteiger partial charge < -0.3 is 0 Å². The first-order valence-electron chi connectivity index (χ1n) is 7.83. The van der Waals surface area contributed by atoms with Gasteiger partial charge in [0.15, 0.2) is 0 Å². The molecule has 21 heavy (non-hydrogen) atoms. The lowest BCUT2D eigenvalue weighted by molar-refractivity contribution is 0.561. The van der Waals surface area contributed by atoms with Crippen molar-refractivity contribution in [1.29, 1.82) is 0 Å². The van der Waals surface area contributed by atoms with E-state index in [9.17, 15) is 0 Å². The van der Waals surface area contributed by atoms with Crippen LogP contribution in [0.3, 0.4) is 0 Å². The van der Waals surface area contributed by atoms with Gasteiger partial charge in [0.2, 0.25) is 0 Å². The standard InChI is InChI=1S/C21H20/c1-2-3-8-16-13-14-21(15-16)19-11-6-4-9-17(19)18-10-5-7-12-20(18)21/h2-7,9-13H,8,14-15H2,1H3/b3-2-. The molecule has 4 rings (SSSR count). The molecule has 0 saturated carbocycles. The van der Waals surface area contributed by atoms with Crippen molar-refractivity contribution in [2.24, 2.45) is 0 Å². The van der Waals surface area contributed by atoms with Gasteiger partial charge in [0.05, 0.1) is 0 Å². The van der Waals surface area contributed by atoms with E-state index < -0.39 is 0 Å². The lowest BCUT2D eigenvalue weighted by Crippen LogP contribution is -2.21. The topological polar surface area (TPSA) is 0 Å². The number of rotatable bonds is 2. The monoisotopic (exact) mass is 272 g/mol. The van der Waals surface area contributed by atoms with Gasteiger partial charge in [-0.2, -0.15) is 0 Å². The van der Waals surface area contributed by atoms with E-state index in [1.165, 1.54) is 28.7 Å². The fourth-order valence-electron chi connectivity index (χ4n) is 4.10. The Bertz CT molecular complexity index is 701. The maximum absolute atomic E-state index is 2.47. The lowest BCUT2D eigenvalue weighted by atomic mass is 9.75. The second kappa shape index (κ2) is 4.73. The Hall–Kier alpha value is -2.08. The van der Waals surface area contributed by atoms with Gasteiger partial charge in [0, 0.05) is 5.41 Å². The van der Waals surface area contributed by atoms with Gasteiger partial charge in [-0.3, -0.25) is 0 Å². The number of hydrogen-bond donors (Lipinski definition) is 0. The van der Waals surface area contributed by atoms with Crippen LogP contribution in [0.5, 0.6) is 0 Å². The molecule has 0 N–H and O–H groups in total. The summed E-state index contributed by atoms with van der Waals surface area (Å²) >= 11 is 0. The molecule has 0 amide bonds. The zero-order valence-corrected chi connectivity index (χ0v) is 12.5. The van der Waals surface area contributed by atoms with Crippen molar-refractivity contribution in [3.63, 3.8) is 0 Å². The van der Waals surface area contributed by atoms with Crippen LogP contribution >= 0.6 is 0 Å². The predicted molar refractivity (Wildman–Crippen MR) is 89.4 cm³/mol. The average molecular weight is 272 g/mol. The average Bonchev–Trinajstić information content (AvgIpc) is 3.09. The third kappa shape index (κ3) is 1.75. The summed E-state index contributed by atoms with van der Waals surface area (Å²) in [6, 6.07) is 17.9. The Labute approximate surface area is 126 Å². The molecule has 0 heteroatoms. The molecule has 2 aliphatic rings. The number of hydrogen-bond acceptors (Lipinski definition) is 0. The van der Waals surface area contributed by atoms with Crippen LogP contribution in [-0.4, -0.2) is 0 Å². The molecule has 0 atom stereocenters. The Morgan fingerprint density at radius 2 is 1.57 bits per heavy atom. The van der Waals surface area contributed by atoms with Gasteiger partial charge in [-0.05, 0) is 48.4 Å². The van der Waals surface area contributed by atoms with Crippen molar-refractivity contribution in [2.75, 3.05) is 0 Å². The number of allylic oxidation sites excluding steroid dienone is 4. The van der Waals surface area contributed by atoms with Crippen LogP contribution in [0.15, 0.2) is 72.3 Å². The van der Waals surface area contributed by atoms with E-state index in [1.807, 2.05) is 0 Å². The molecule has 2 aromatic carbocycles. The highest BCUT2D eigenvalue weighted by Gasteiger charge is 2.44. The zero-order chi connectivity index (χ0) is 14.3. The maximum Gasteiger partial charge on any atom is 0.0286 e. The summed E-state index contributed by atoms with van der Waals surface area (Å²) in [6.45, 7) is 2.10. The van der Waals surface area contributed by atoms with Crippen molar-refractivity contribution in [3.8, 4) is 11.1 Å². The van der Waals surface area contributed by atoms with Crippen molar-refractivity contribution < 1.29 is 0 Å². The summed E-state index contributed by atoms with van der Waals surface area (Å²) in [5, 5.41) is 0. The smallest absolute Gasteiger partial charge is 0.0286 e. The zero-order valence-electron chi connectivity index (χ0n) is 12.5. The van der Waals surface area contributed by atoms with Crippen LogP contribution < -0.4 is 0 Å². The van der Waals surface area contributed by atoms with Gasteiger partial charge in [-0.1, -0.05) is 72.3 Å². The maximum atomic E-state index is 2.47. The van der Waals surface area contributed by atoms with E-state index in [0.29, 0.717) is 0 Å². The molecule has 0 nitrogen and oxygen atoms in total. The molecule has 0 bridgehead atoms. The van der Waals surface area contributed by atoms with Gasteiger partial charge in [-0.15, -0.1) is 0 Å². The van der Waals surface area contributed by atoms with Crippen LogP contribution in [0.4, 0.5) is 0 Å². The molecule has 104 valence electrons. The Morgan fingerprint density at radius 3 is 2.19 bits per heavy atom. The van der Waals surface area contributed by atoms with E-state index in [1.54, 1.807) is 5.57 Å². The molecule has 0 saturated heterocycles. The summed E-state index contributed by atoms with van der Waals surface area (Å²) in [5.74, 6) is 0. The van der Waals surface area contributed by atoms with Crippen molar-refractivity contribution in [2.45, 2.75) is 31.6 Å². The van der Waals surface area contributed by atoms with E-state index >= 15 is 0 Å². The molecule has 0 radical (unpaired) electrons. The first kappa shape index (κ1) is 12.6. The molecule has 1 spiro atoms. The highest BCUT2D eigenvalue weighted by Crippen LogP contribution is 2.56. The number of fused-ring (bicyclic) bond motifs is 5. The minimum atomic E-state index is 0.199. The molecule has 0 aliphatic heterocycles. The van der Waals surface area contributed by atoms with Crippen molar-refractivity contribution in [3.05, 3.63) is 83.5 Å². The van der Waals surface area contributed by atoms with Crippen LogP contribution in [-0.2, 0) is 5.41 Å². The molecule has 0 aromatic heterocycles. The fraction of sp³-hybridized carbons (Fsp3) is 0.238. The summed E-state index contributed by atoms with van der Waals surface area (Å²) in [7, 11) is 0. The predicted octanol–water partition coefficient (Wildman–Crippen LogP) is 5.64. The van der Waals surface area contributed by atoms with Crippen molar-refractivity contribution in [1.82, 2.24) is 0 Å². The number of benzene rings is 2. The van der Waals surface area contributed by atoms with Gasteiger partial charge in [-0.25, -0.2) is 0 Å². The molecule has 2 aromatic rings. The van der Waals surface area contributed by atoms with E-state index in [-0.39, 0.29) is 5.41 Å². The summed E-state index contributed by atoms with van der Waals surface area (Å²) in [6.07, 6.45) is 10.3. The van der Waals surface area contributed by atoms with Crippen LogP contribution in [0.25, 0.3) is 11.1 Å². The van der Waals surface area contributed by atoms with E-state index in [4.69, 9.17) is 0 Å². The highest BCUT2D eigenvalue weighted by atomic mass is 14.5. The minimum Gasteiger partial charge on any atom is -0.0913 e. The second-order valence-corrected chi connectivity index (χ2v) is 6.19. The third-order valence-electron chi connectivity index (χ3n) is 5.06. The quantitative estimate of drug-likeness (QED) is 0.621. The first-order chi connectivity index (χ1) is 10.3. The van der Waals surface area contributed by atoms with Crippen LogP contribution in [0.1, 0.15) is 37.3 Å². The van der Waals surface area contributed by atoms with E-state index in [0.717, 1.165) is 12.8 Å².